The predicted octanol–water partition coefficient (Wildman–Crippen LogP) is 2.17. The van der Waals surface area contributed by atoms with Crippen molar-refractivity contribution in [3.63, 3.8) is 0 Å². The summed E-state index contributed by atoms with van der Waals surface area (Å²) in [6, 6.07) is 3.59. The van der Waals surface area contributed by atoms with Crippen molar-refractivity contribution in [2.75, 3.05) is 7.11 Å². The highest BCUT2D eigenvalue weighted by molar-refractivity contribution is 7.17. The van der Waals surface area contributed by atoms with Crippen LogP contribution < -0.4 is 10.3 Å². The Kier molecular flexibility index (Phi) is 2.27. The predicted molar refractivity (Wildman–Crippen MR) is 69.9 cm³/mol. The van der Waals surface area contributed by atoms with Crippen molar-refractivity contribution in [1.82, 2.24) is 9.71 Å². The summed E-state index contributed by atoms with van der Waals surface area (Å²) in [5.74, 6) is 0.464. The van der Waals surface area contributed by atoms with Gasteiger partial charge in [0.15, 0.2) is 0 Å². The normalized spacial score (nSPS) is 11.2. The molecule has 3 aromatic heterocycles. The molecule has 0 bridgehead atoms. The first-order chi connectivity index (χ1) is 8.63. The summed E-state index contributed by atoms with van der Waals surface area (Å²) in [6.45, 7) is 1.73. The van der Waals surface area contributed by atoms with Gasteiger partial charge in [-0.25, -0.2) is 4.98 Å². The van der Waals surface area contributed by atoms with Crippen LogP contribution in [0.2, 0.25) is 0 Å². The Bertz CT molecular complexity index is 819. The van der Waals surface area contributed by atoms with Gasteiger partial charge in [0.25, 0.3) is 0 Å². The maximum Gasteiger partial charge on any atom is 0.301 e. The van der Waals surface area contributed by atoms with Crippen molar-refractivity contribution < 1.29 is 9.94 Å². The fourth-order valence-electron chi connectivity index (χ4n) is 2.10. The van der Waals surface area contributed by atoms with Crippen LogP contribution in [0.25, 0.3) is 21.0 Å². The molecule has 0 unspecified atom stereocenters. The lowest BCUT2D eigenvalue weighted by molar-refractivity contribution is 0.190. The molecule has 92 valence electrons. The smallest absolute Gasteiger partial charge is 0.301 e. The highest BCUT2D eigenvalue weighted by Gasteiger charge is 2.15. The molecular formula is C12H10N2O3S. The Morgan fingerprint density at radius 3 is 2.94 bits per heavy atom. The molecule has 0 saturated carbocycles. The largest absolute Gasteiger partial charge is 0.481 e. The van der Waals surface area contributed by atoms with E-state index >= 15 is 0 Å². The quantitative estimate of drug-likeness (QED) is 0.683. The summed E-state index contributed by atoms with van der Waals surface area (Å²) < 4.78 is 6.31. The van der Waals surface area contributed by atoms with Crippen molar-refractivity contribution in [1.29, 1.82) is 0 Å². The summed E-state index contributed by atoms with van der Waals surface area (Å²) in [4.78, 5) is 16.1. The van der Waals surface area contributed by atoms with E-state index in [-0.39, 0.29) is 0 Å². The third-order valence-electron chi connectivity index (χ3n) is 2.91. The molecule has 18 heavy (non-hydrogen) atoms. The summed E-state index contributed by atoms with van der Waals surface area (Å²) in [6.07, 6.45) is 0. The van der Waals surface area contributed by atoms with E-state index in [0.717, 1.165) is 10.8 Å². The minimum absolute atomic E-state index is 0.414. The lowest BCUT2D eigenvalue weighted by Gasteiger charge is -2.09. The number of methoxy groups -OCH3 is 1. The van der Waals surface area contributed by atoms with Crippen molar-refractivity contribution in [2.24, 2.45) is 0 Å². The van der Waals surface area contributed by atoms with E-state index in [4.69, 9.17) is 4.74 Å². The van der Waals surface area contributed by atoms with Gasteiger partial charge in [0.05, 0.1) is 12.8 Å². The molecule has 1 N–H and O–H groups in total. The van der Waals surface area contributed by atoms with Gasteiger partial charge in [-0.1, -0.05) is 0 Å². The molecule has 6 heteroatoms. The van der Waals surface area contributed by atoms with Gasteiger partial charge in [-0.2, -0.15) is 0 Å². The van der Waals surface area contributed by atoms with Crippen molar-refractivity contribution in [3.8, 4) is 5.88 Å². The van der Waals surface area contributed by atoms with E-state index in [9.17, 15) is 10.0 Å². The van der Waals surface area contributed by atoms with Crippen LogP contribution in [0.4, 0.5) is 0 Å². The van der Waals surface area contributed by atoms with E-state index in [1.165, 1.54) is 18.4 Å². The molecule has 5 nitrogen and oxygen atoms in total. The lowest BCUT2D eigenvalue weighted by Crippen LogP contribution is -2.18. The van der Waals surface area contributed by atoms with E-state index in [0.29, 0.717) is 26.5 Å². The zero-order valence-electron chi connectivity index (χ0n) is 9.80. The van der Waals surface area contributed by atoms with Crippen LogP contribution in [0.15, 0.2) is 22.3 Å². The second-order valence-electron chi connectivity index (χ2n) is 3.93. The maximum absolute atomic E-state index is 12.0. The van der Waals surface area contributed by atoms with E-state index in [1.807, 2.05) is 11.4 Å². The number of aromatic nitrogens is 2. The van der Waals surface area contributed by atoms with Crippen LogP contribution in [0.5, 0.6) is 5.88 Å². The van der Waals surface area contributed by atoms with E-state index in [1.54, 1.807) is 13.0 Å². The molecule has 0 spiro atoms. The second kappa shape index (κ2) is 3.71. The number of aryl methyl sites for hydroxylation is 1. The fraction of sp³-hybridized carbons (Fsp3) is 0.167. The average Bonchev–Trinajstić information content (AvgIpc) is 2.84. The standard InChI is InChI=1S/C12H10N2O3S/c1-6-10-8(5-9(13-6)17-2)7-3-4-18-11(7)12(15)14(10)16/h3-5,16H,1-2H3. The minimum atomic E-state index is -0.414. The molecule has 0 atom stereocenters. The number of rotatable bonds is 1. The summed E-state index contributed by atoms with van der Waals surface area (Å²) in [7, 11) is 1.54. The number of pyridine rings is 2. The van der Waals surface area contributed by atoms with Gasteiger partial charge in [-0.15, -0.1) is 16.1 Å². The number of fused-ring (bicyclic) bond motifs is 3. The molecule has 0 fully saturated rings. The molecule has 0 aliphatic carbocycles. The zero-order valence-corrected chi connectivity index (χ0v) is 10.6. The van der Waals surface area contributed by atoms with Gasteiger partial charge in [0, 0.05) is 16.8 Å². The summed E-state index contributed by atoms with van der Waals surface area (Å²) in [5, 5.41) is 13.4. The number of ether oxygens (including phenoxy) is 1. The van der Waals surface area contributed by atoms with Gasteiger partial charge in [0.2, 0.25) is 5.88 Å². The highest BCUT2D eigenvalue weighted by Crippen LogP contribution is 2.29. The number of thiophene rings is 1. The topological polar surface area (TPSA) is 64.3 Å². The molecule has 3 heterocycles. The van der Waals surface area contributed by atoms with Gasteiger partial charge < -0.3 is 9.94 Å². The van der Waals surface area contributed by atoms with Gasteiger partial charge in [0.1, 0.15) is 10.2 Å². The number of hydrogen-bond donors (Lipinski definition) is 1. The van der Waals surface area contributed by atoms with Gasteiger partial charge in [-0.3, -0.25) is 4.79 Å². The summed E-state index contributed by atoms with van der Waals surface area (Å²) in [5.41, 5.74) is 0.561. The van der Waals surface area contributed by atoms with Crippen LogP contribution in [0, 0.1) is 6.92 Å². The van der Waals surface area contributed by atoms with Crippen LogP contribution in [0.3, 0.4) is 0 Å². The van der Waals surface area contributed by atoms with Crippen molar-refractivity contribution >= 4 is 32.3 Å². The number of nitrogens with zero attached hydrogens (tertiary/aromatic N) is 2. The molecule has 0 aliphatic heterocycles. The molecule has 0 aromatic carbocycles. The van der Waals surface area contributed by atoms with E-state index in [2.05, 4.69) is 4.98 Å². The Morgan fingerprint density at radius 2 is 2.22 bits per heavy atom. The third-order valence-corrected chi connectivity index (χ3v) is 3.81. The lowest BCUT2D eigenvalue weighted by atomic mass is 10.1. The van der Waals surface area contributed by atoms with Gasteiger partial charge in [-0.05, 0) is 18.4 Å². The zero-order chi connectivity index (χ0) is 12.9. The Balaban J connectivity index is 2.66. The maximum atomic E-state index is 12.0. The fourth-order valence-corrected chi connectivity index (χ4v) is 2.93. The second-order valence-corrected chi connectivity index (χ2v) is 4.84. The molecule has 0 saturated heterocycles. The Labute approximate surface area is 106 Å². The van der Waals surface area contributed by atoms with Crippen LogP contribution >= 0.6 is 11.3 Å². The van der Waals surface area contributed by atoms with Crippen molar-refractivity contribution in [2.45, 2.75) is 6.92 Å². The first-order valence-corrected chi connectivity index (χ1v) is 6.18. The molecular weight excluding hydrogens is 252 g/mol. The molecule has 0 aliphatic rings. The van der Waals surface area contributed by atoms with E-state index < -0.39 is 5.56 Å². The minimum Gasteiger partial charge on any atom is -0.481 e. The average molecular weight is 262 g/mol. The molecule has 0 radical (unpaired) electrons. The molecule has 0 amide bonds. The summed E-state index contributed by atoms with van der Waals surface area (Å²) >= 11 is 1.31. The van der Waals surface area contributed by atoms with Crippen LogP contribution in [-0.4, -0.2) is 22.0 Å². The molecule has 3 aromatic rings. The molecule has 3 rings (SSSR count). The van der Waals surface area contributed by atoms with Crippen molar-refractivity contribution in [3.05, 3.63) is 33.6 Å². The Hall–Kier alpha value is -2.08. The third kappa shape index (κ3) is 1.32. The Morgan fingerprint density at radius 1 is 1.44 bits per heavy atom. The van der Waals surface area contributed by atoms with Gasteiger partial charge >= 0.3 is 5.56 Å². The first-order valence-electron chi connectivity index (χ1n) is 5.30. The SMILES string of the molecule is COc1cc2c3ccsc3c(=O)n(O)c2c(C)n1. The van der Waals surface area contributed by atoms with Crippen LogP contribution in [0.1, 0.15) is 5.69 Å². The monoisotopic (exact) mass is 262 g/mol. The highest BCUT2D eigenvalue weighted by atomic mass is 32.1. The van der Waals surface area contributed by atoms with Crippen LogP contribution in [-0.2, 0) is 0 Å². The number of hydrogen-bond acceptors (Lipinski definition) is 5. The first kappa shape index (κ1) is 11.0.